The molecule has 2 rings (SSSR count). The van der Waals surface area contributed by atoms with E-state index in [9.17, 15) is 4.79 Å². The molecule has 0 aliphatic heterocycles. The molecule has 0 saturated carbocycles. The lowest BCUT2D eigenvalue weighted by molar-refractivity contribution is -0.130. The lowest BCUT2D eigenvalue weighted by Crippen LogP contribution is -2.26. The quantitative estimate of drug-likeness (QED) is 0.800. The maximum Gasteiger partial charge on any atom is 0.222 e. The number of halogens is 2. The smallest absolute Gasteiger partial charge is 0.222 e. The summed E-state index contributed by atoms with van der Waals surface area (Å²) >= 11 is 13.3. The van der Waals surface area contributed by atoms with Crippen LogP contribution in [0.2, 0.25) is 8.67 Å². The van der Waals surface area contributed by atoms with Gasteiger partial charge in [-0.3, -0.25) is 14.8 Å². The van der Waals surface area contributed by atoms with Crippen LogP contribution in [0.3, 0.4) is 0 Å². The number of aromatic nitrogens is 2. The molecule has 0 aromatic carbocycles. The van der Waals surface area contributed by atoms with Crippen LogP contribution in [0.25, 0.3) is 0 Å². The standard InChI is InChI=1S/C14H15Cl2N3OS/c1-19(9-11-8-17-5-6-18-11)13(20)4-2-3-10-7-12(15)21-14(10)16/h5-8H,2-4,9H2,1H3. The molecule has 0 aliphatic carbocycles. The van der Waals surface area contributed by atoms with Gasteiger partial charge in [0.25, 0.3) is 0 Å². The average molecular weight is 344 g/mol. The van der Waals surface area contributed by atoms with E-state index < -0.39 is 0 Å². The highest BCUT2D eigenvalue weighted by molar-refractivity contribution is 7.20. The highest BCUT2D eigenvalue weighted by atomic mass is 35.5. The summed E-state index contributed by atoms with van der Waals surface area (Å²) in [6.45, 7) is 0.470. The normalized spacial score (nSPS) is 10.6. The Morgan fingerprint density at radius 1 is 1.38 bits per heavy atom. The van der Waals surface area contributed by atoms with Gasteiger partial charge in [-0.05, 0) is 24.5 Å². The molecule has 0 bridgehead atoms. The van der Waals surface area contributed by atoms with Gasteiger partial charge < -0.3 is 4.90 Å². The van der Waals surface area contributed by atoms with Gasteiger partial charge in [-0.2, -0.15) is 0 Å². The molecule has 0 radical (unpaired) electrons. The van der Waals surface area contributed by atoms with Crippen LogP contribution >= 0.6 is 34.5 Å². The minimum atomic E-state index is 0.0816. The van der Waals surface area contributed by atoms with Crippen molar-refractivity contribution in [1.29, 1.82) is 0 Å². The zero-order valence-electron chi connectivity index (χ0n) is 11.6. The van der Waals surface area contributed by atoms with Crippen molar-refractivity contribution in [3.8, 4) is 0 Å². The Balaban J connectivity index is 1.77. The fraction of sp³-hybridized carbons (Fsp3) is 0.357. The van der Waals surface area contributed by atoms with Crippen LogP contribution in [0.1, 0.15) is 24.1 Å². The number of carbonyl (C=O) groups is 1. The van der Waals surface area contributed by atoms with Crippen LogP contribution < -0.4 is 0 Å². The molecule has 4 nitrogen and oxygen atoms in total. The zero-order chi connectivity index (χ0) is 15.2. The molecule has 0 fully saturated rings. The number of carbonyl (C=O) groups excluding carboxylic acids is 1. The van der Waals surface area contributed by atoms with Gasteiger partial charge >= 0.3 is 0 Å². The highest BCUT2D eigenvalue weighted by Gasteiger charge is 2.11. The lowest BCUT2D eigenvalue weighted by atomic mass is 10.1. The van der Waals surface area contributed by atoms with Crippen molar-refractivity contribution in [2.24, 2.45) is 0 Å². The van der Waals surface area contributed by atoms with Gasteiger partial charge in [0.15, 0.2) is 0 Å². The summed E-state index contributed by atoms with van der Waals surface area (Å²) in [5, 5.41) is 0. The topological polar surface area (TPSA) is 46.1 Å². The molecule has 0 N–H and O–H groups in total. The number of thiophene rings is 1. The van der Waals surface area contributed by atoms with E-state index in [2.05, 4.69) is 9.97 Å². The molecular formula is C14H15Cl2N3OS. The first-order valence-corrected chi connectivity index (χ1v) is 8.06. The van der Waals surface area contributed by atoms with Crippen LogP contribution in [-0.4, -0.2) is 27.8 Å². The minimum Gasteiger partial charge on any atom is -0.340 e. The molecule has 0 saturated heterocycles. The molecule has 0 spiro atoms. The van der Waals surface area contributed by atoms with Crippen LogP contribution in [0.15, 0.2) is 24.7 Å². The fourth-order valence-corrected chi connectivity index (χ4v) is 3.45. The third kappa shape index (κ3) is 4.95. The summed E-state index contributed by atoms with van der Waals surface area (Å²) in [7, 11) is 1.77. The summed E-state index contributed by atoms with van der Waals surface area (Å²) in [6, 6.07) is 1.86. The lowest BCUT2D eigenvalue weighted by Gasteiger charge is -2.16. The Kier molecular flexibility index (Phi) is 5.96. The van der Waals surface area contributed by atoms with Crippen molar-refractivity contribution < 1.29 is 4.79 Å². The van der Waals surface area contributed by atoms with Gasteiger partial charge in [0.1, 0.15) is 0 Å². The van der Waals surface area contributed by atoms with E-state index in [4.69, 9.17) is 23.2 Å². The molecule has 0 unspecified atom stereocenters. The second kappa shape index (κ2) is 7.73. The Morgan fingerprint density at radius 2 is 2.19 bits per heavy atom. The molecule has 0 aliphatic rings. The molecule has 2 aromatic heterocycles. The van der Waals surface area contributed by atoms with E-state index in [1.807, 2.05) is 6.07 Å². The Hall–Kier alpha value is -1.17. The van der Waals surface area contributed by atoms with Gasteiger partial charge in [-0.15, -0.1) is 11.3 Å². The molecule has 0 atom stereocenters. The molecule has 1 amide bonds. The van der Waals surface area contributed by atoms with Gasteiger partial charge in [-0.25, -0.2) is 0 Å². The average Bonchev–Trinajstić information content (AvgIpc) is 2.78. The van der Waals surface area contributed by atoms with Gasteiger partial charge in [0.05, 0.1) is 27.1 Å². The monoisotopic (exact) mass is 343 g/mol. The third-order valence-electron chi connectivity index (χ3n) is 3.01. The number of amides is 1. The van der Waals surface area contributed by atoms with Crippen LogP contribution in [-0.2, 0) is 17.8 Å². The van der Waals surface area contributed by atoms with E-state index in [1.165, 1.54) is 11.3 Å². The molecule has 2 heterocycles. The first-order chi connectivity index (χ1) is 10.1. The first-order valence-electron chi connectivity index (χ1n) is 6.49. The van der Waals surface area contributed by atoms with Crippen molar-refractivity contribution in [2.45, 2.75) is 25.8 Å². The predicted molar refractivity (Wildman–Crippen MR) is 85.8 cm³/mol. The van der Waals surface area contributed by atoms with Crippen molar-refractivity contribution in [2.75, 3.05) is 7.05 Å². The van der Waals surface area contributed by atoms with E-state index >= 15 is 0 Å². The van der Waals surface area contributed by atoms with E-state index in [-0.39, 0.29) is 5.91 Å². The number of aryl methyl sites for hydroxylation is 1. The Bertz CT molecular complexity index is 604. The Morgan fingerprint density at radius 3 is 2.81 bits per heavy atom. The largest absolute Gasteiger partial charge is 0.340 e. The van der Waals surface area contributed by atoms with Crippen molar-refractivity contribution in [3.05, 3.63) is 44.6 Å². The number of rotatable bonds is 6. The molecule has 2 aromatic rings. The second-order valence-electron chi connectivity index (χ2n) is 4.65. The summed E-state index contributed by atoms with van der Waals surface area (Å²) in [4.78, 5) is 21.8. The molecule has 7 heteroatoms. The molecule has 112 valence electrons. The minimum absolute atomic E-state index is 0.0816. The summed E-state index contributed by atoms with van der Waals surface area (Å²) in [5.41, 5.74) is 1.79. The van der Waals surface area contributed by atoms with Crippen molar-refractivity contribution >= 4 is 40.4 Å². The molecular weight excluding hydrogens is 329 g/mol. The maximum absolute atomic E-state index is 12.0. The van der Waals surface area contributed by atoms with Crippen LogP contribution in [0.5, 0.6) is 0 Å². The van der Waals surface area contributed by atoms with Crippen LogP contribution in [0.4, 0.5) is 0 Å². The van der Waals surface area contributed by atoms with Gasteiger partial charge in [-0.1, -0.05) is 23.2 Å². The van der Waals surface area contributed by atoms with E-state index in [1.54, 1.807) is 30.5 Å². The first kappa shape index (κ1) is 16.2. The predicted octanol–water partition coefficient (Wildman–Crippen LogP) is 3.83. The molecule has 21 heavy (non-hydrogen) atoms. The zero-order valence-corrected chi connectivity index (χ0v) is 13.9. The number of hydrogen-bond donors (Lipinski definition) is 0. The summed E-state index contributed by atoms with van der Waals surface area (Å²) in [5.74, 6) is 0.0816. The fourth-order valence-electron chi connectivity index (χ4n) is 1.91. The summed E-state index contributed by atoms with van der Waals surface area (Å²) < 4.78 is 1.39. The summed E-state index contributed by atoms with van der Waals surface area (Å²) in [6.07, 6.45) is 6.87. The van der Waals surface area contributed by atoms with E-state index in [0.717, 1.165) is 24.1 Å². The SMILES string of the molecule is CN(Cc1cnccn1)C(=O)CCCc1cc(Cl)sc1Cl. The van der Waals surface area contributed by atoms with Crippen LogP contribution in [0, 0.1) is 0 Å². The van der Waals surface area contributed by atoms with Crippen molar-refractivity contribution in [1.82, 2.24) is 14.9 Å². The maximum atomic E-state index is 12.0. The Labute approximate surface area is 137 Å². The highest BCUT2D eigenvalue weighted by Crippen LogP contribution is 2.32. The van der Waals surface area contributed by atoms with Crippen molar-refractivity contribution in [3.63, 3.8) is 0 Å². The second-order valence-corrected chi connectivity index (χ2v) is 6.94. The number of nitrogens with zero attached hydrogens (tertiary/aromatic N) is 3. The van der Waals surface area contributed by atoms with E-state index in [0.29, 0.717) is 21.6 Å². The van der Waals surface area contributed by atoms with Gasteiger partial charge in [0, 0.05) is 25.9 Å². The third-order valence-corrected chi connectivity index (χ3v) is 4.57. The van der Waals surface area contributed by atoms with Gasteiger partial charge in [0.2, 0.25) is 5.91 Å². The number of hydrogen-bond acceptors (Lipinski definition) is 4.